The molecule has 276 valence electrons. The van der Waals surface area contributed by atoms with Crippen LogP contribution in [0.2, 0.25) is 0 Å². The summed E-state index contributed by atoms with van der Waals surface area (Å²) >= 11 is 0. The lowest BCUT2D eigenvalue weighted by molar-refractivity contribution is 0.620. The van der Waals surface area contributed by atoms with Crippen LogP contribution < -0.4 is 4.90 Å². The van der Waals surface area contributed by atoms with Crippen molar-refractivity contribution >= 4 is 82.4 Å². The number of nitrogens with zero attached hydrogens (tertiary/aromatic N) is 2. The van der Waals surface area contributed by atoms with Gasteiger partial charge in [-0.3, -0.25) is 0 Å². The van der Waals surface area contributed by atoms with Crippen LogP contribution in [-0.4, -0.2) is 4.98 Å². The molecular weight excluding hydrogens is 721 g/mol. The molecule has 4 heteroatoms. The topological polar surface area (TPSA) is 42.4 Å². The van der Waals surface area contributed by atoms with Gasteiger partial charge in [0.15, 0.2) is 11.2 Å². The molecule has 0 atom stereocenters. The van der Waals surface area contributed by atoms with Crippen LogP contribution in [0, 0.1) is 0 Å². The minimum atomic E-state index is 0.592. The smallest absolute Gasteiger partial charge is 0.227 e. The maximum Gasteiger partial charge on any atom is 0.227 e. The highest BCUT2D eigenvalue weighted by atomic mass is 16.3. The van der Waals surface area contributed by atoms with E-state index >= 15 is 0 Å². The van der Waals surface area contributed by atoms with E-state index in [0.29, 0.717) is 5.89 Å². The highest BCUT2D eigenvalue weighted by molar-refractivity contribution is 6.21. The minimum absolute atomic E-state index is 0.592. The van der Waals surface area contributed by atoms with Crippen LogP contribution in [0.25, 0.3) is 99.1 Å². The normalized spacial score (nSPS) is 11.7. The summed E-state index contributed by atoms with van der Waals surface area (Å²) in [7, 11) is 0. The first-order chi connectivity index (χ1) is 29.2. The van der Waals surface area contributed by atoms with E-state index in [1.165, 1.54) is 32.7 Å². The number of hydrogen-bond acceptors (Lipinski definition) is 4. The molecule has 0 fully saturated rings. The number of oxazole rings is 1. The molecule has 12 aromatic rings. The standard InChI is InChI=1S/C55H34N2O2/c1-2-13-35(14-3-1)36-25-29-39(30-26-36)57(40-31-27-37(28-32-40)47-33-38-15-4-5-16-41(38)42-17-6-7-18-43(42)47)51-23-12-21-46-48-34-49(55-56-50-22-10-11-24-52(50)58-55)44-19-8-9-20-45(44)53(48)59-54(46)51/h1-34H. The van der Waals surface area contributed by atoms with Crippen molar-refractivity contribution in [3.8, 4) is 33.7 Å². The Kier molecular flexibility index (Phi) is 7.50. The fraction of sp³-hybridized carbons (Fsp3) is 0. The molecule has 0 radical (unpaired) electrons. The fourth-order valence-corrected chi connectivity index (χ4v) is 8.89. The van der Waals surface area contributed by atoms with E-state index in [1.807, 2.05) is 24.3 Å². The molecule has 12 rings (SSSR count). The summed E-state index contributed by atoms with van der Waals surface area (Å²) in [6, 6.07) is 72.8. The molecule has 0 bridgehead atoms. The summed E-state index contributed by atoms with van der Waals surface area (Å²) in [5.74, 6) is 0.592. The van der Waals surface area contributed by atoms with Crippen LogP contribution in [0.4, 0.5) is 17.1 Å². The van der Waals surface area contributed by atoms with E-state index in [-0.39, 0.29) is 0 Å². The highest BCUT2D eigenvalue weighted by Crippen LogP contribution is 2.46. The zero-order valence-corrected chi connectivity index (χ0v) is 31.8. The van der Waals surface area contributed by atoms with Crippen LogP contribution >= 0.6 is 0 Å². The summed E-state index contributed by atoms with van der Waals surface area (Å²) in [6.45, 7) is 0. The lowest BCUT2D eigenvalue weighted by Crippen LogP contribution is -2.10. The minimum Gasteiger partial charge on any atom is -0.453 e. The van der Waals surface area contributed by atoms with Crippen molar-refractivity contribution < 1.29 is 8.83 Å². The average Bonchev–Trinajstić information content (AvgIpc) is 3.92. The van der Waals surface area contributed by atoms with Gasteiger partial charge in [0.25, 0.3) is 0 Å². The molecule has 0 saturated carbocycles. The average molecular weight is 755 g/mol. The fourth-order valence-electron chi connectivity index (χ4n) is 8.89. The van der Waals surface area contributed by atoms with Gasteiger partial charge in [-0.05, 0) is 104 Å². The highest BCUT2D eigenvalue weighted by Gasteiger charge is 2.23. The Morgan fingerprint density at radius 1 is 0.356 bits per heavy atom. The quantitative estimate of drug-likeness (QED) is 0.159. The zero-order chi connectivity index (χ0) is 38.9. The molecule has 2 aromatic heterocycles. The van der Waals surface area contributed by atoms with Gasteiger partial charge in [-0.2, -0.15) is 0 Å². The molecule has 4 nitrogen and oxygen atoms in total. The number of aromatic nitrogens is 1. The van der Waals surface area contributed by atoms with Gasteiger partial charge in [0.1, 0.15) is 11.1 Å². The third-order valence-electron chi connectivity index (χ3n) is 11.7. The molecule has 0 aliphatic carbocycles. The number of anilines is 3. The summed E-state index contributed by atoms with van der Waals surface area (Å²) in [4.78, 5) is 7.22. The molecule has 2 heterocycles. The lowest BCUT2D eigenvalue weighted by Gasteiger charge is -2.26. The second-order valence-electron chi connectivity index (χ2n) is 15.1. The molecule has 10 aromatic carbocycles. The van der Waals surface area contributed by atoms with E-state index in [9.17, 15) is 0 Å². The number of rotatable bonds is 6. The van der Waals surface area contributed by atoms with Gasteiger partial charge in [-0.15, -0.1) is 0 Å². The van der Waals surface area contributed by atoms with E-state index in [0.717, 1.165) is 77.6 Å². The van der Waals surface area contributed by atoms with Crippen molar-refractivity contribution in [1.82, 2.24) is 4.98 Å². The van der Waals surface area contributed by atoms with Crippen molar-refractivity contribution in [2.45, 2.75) is 0 Å². The van der Waals surface area contributed by atoms with Gasteiger partial charge in [0.2, 0.25) is 5.89 Å². The third-order valence-corrected chi connectivity index (χ3v) is 11.7. The molecule has 0 aliphatic heterocycles. The van der Waals surface area contributed by atoms with Crippen LogP contribution in [0.5, 0.6) is 0 Å². The van der Waals surface area contributed by atoms with Gasteiger partial charge >= 0.3 is 0 Å². The molecule has 0 amide bonds. The molecule has 0 aliphatic rings. The number of hydrogen-bond donors (Lipinski definition) is 0. The van der Waals surface area contributed by atoms with E-state index < -0.39 is 0 Å². The first kappa shape index (κ1) is 33.2. The maximum absolute atomic E-state index is 7.05. The Bertz CT molecular complexity index is 3510. The molecule has 0 saturated heterocycles. The number of benzene rings is 10. The van der Waals surface area contributed by atoms with Gasteiger partial charge in [0, 0.05) is 33.1 Å². The van der Waals surface area contributed by atoms with Crippen LogP contribution in [0.3, 0.4) is 0 Å². The number of para-hydroxylation sites is 3. The second kappa shape index (κ2) is 13.3. The van der Waals surface area contributed by atoms with Gasteiger partial charge in [0.05, 0.1) is 5.69 Å². The Hall–Kier alpha value is -7.95. The molecule has 0 unspecified atom stereocenters. The van der Waals surface area contributed by atoms with Gasteiger partial charge in [-0.1, -0.05) is 152 Å². The van der Waals surface area contributed by atoms with Crippen molar-refractivity contribution in [3.05, 3.63) is 206 Å². The predicted octanol–water partition coefficient (Wildman–Crippen LogP) is 15.7. The lowest BCUT2D eigenvalue weighted by atomic mass is 9.93. The third kappa shape index (κ3) is 5.42. The van der Waals surface area contributed by atoms with Crippen molar-refractivity contribution in [2.24, 2.45) is 0 Å². The summed E-state index contributed by atoms with van der Waals surface area (Å²) in [6.07, 6.45) is 0. The molecule has 0 N–H and O–H groups in total. The molecule has 59 heavy (non-hydrogen) atoms. The summed E-state index contributed by atoms with van der Waals surface area (Å²) < 4.78 is 13.4. The van der Waals surface area contributed by atoms with Crippen LogP contribution in [-0.2, 0) is 0 Å². The zero-order valence-electron chi connectivity index (χ0n) is 31.8. The van der Waals surface area contributed by atoms with E-state index in [4.69, 9.17) is 13.8 Å². The van der Waals surface area contributed by atoms with E-state index in [1.54, 1.807) is 0 Å². The van der Waals surface area contributed by atoms with Gasteiger partial charge < -0.3 is 13.7 Å². The first-order valence-corrected chi connectivity index (χ1v) is 19.9. The molecule has 0 spiro atoms. The Morgan fingerprint density at radius 3 is 1.69 bits per heavy atom. The van der Waals surface area contributed by atoms with E-state index in [2.05, 4.69) is 187 Å². The van der Waals surface area contributed by atoms with Crippen LogP contribution in [0.15, 0.2) is 215 Å². The van der Waals surface area contributed by atoms with Crippen molar-refractivity contribution in [3.63, 3.8) is 0 Å². The Balaban J connectivity index is 1.05. The van der Waals surface area contributed by atoms with Gasteiger partial charge in [-0.25, -0.2) is 4.98 Å². The SMILES string of the molecule is c1ccc(-c2ccc(N(c3ccc(-c4cc5ccccc5c5ccccc45)cc3)c3cccc4c3oc3c5ccccc5c(-c5nc6ccccc6o5)cc43)cc2)cc1. The van der Waals surface area contributed by atoms with Crippen molar-refractivity contribution in [2.75, 3.05) is 4.90 Å². The monoisotopic (exact) mass is 754 g/mol. The molecular formula is C55H34N2O2. The number of furan rings is 1. The second-order valence-corrected chi connectivity index (χ2v) is 15.1. The Morgan fingerprint density at radius 2 is 0.932 bits per heavy atom. The van der Waals surface area contributed by atoms with Crippen molar-refractivity contribution in [1.29, 1.82) is 0 Å². The Labute approximate surface area is 339 Å². The predicted molar refractivity (Wildman–Crippen MR) is 245 cm³/mol. The summed E-state index contributed by atoms with van der Waals surface area (Å²) in [5, 5.41) is 9.06. The maximum atomic E-state index is 7.05. The van der Waals surface area contributed by atoms with Crippen LogP contribution in [0.1, 0.15) is 0 Å². The number of fused-ring (bicyclic) bond motifs is 9. The first-order valence-electron chi connectivity index (χ1n) is 19.9. The summed E-state index contributed by atoms with van der Waals surface area (Å²) in [5.41, 5.74) is 11.9. The largest absolute Gasteiger partial charge is 0.453 e.